The molecule has 24 heavy (non-hydrogen) atoms. The summed E-state index contributed by atoms with van der Waals surface area (Å²) in [4.78, 5) is 12.8. The molecule has 0 fully saturated rings. The zero-order chi connectivity index (χ0) is 16.9. The summed E-state index contributed by atoms with van der Waals surface area (Å²) < 4.78 is 1.66. The molecule has 0 unspecified atom stereocenters. The zero-order valence-corrected chi connectivity index (χ0v) is 14.0. The van der Waals surface area contributed by atoms with Crippen LogP contribution in [0.1, 0.15) is 35.5 Å². The fourth-order valence-electron chi connectivity index (χ4n) is 2.83. The first-order chi connectivity index (χ1) is 11.7. The maximum Gasteiger partial charge on any atom is 0.274 e. The Kier molecular flexibility index (Phi) is 4.75. The molecule has 0 radical (unpaired) electrons. The third kappa shape index (κ3) is 3.08. The first-order valence-electron chi connectivity index (χ1n) is 8.26. The normalized spacial score (nSPS) is 10.6. The quantitative estimate of drug-likeness (QED) is 0.764. The molecule has 0 saturated carbocycles. The standard InChI is InChI=1S/C20H21N3O/c1-3-15-9-8-10-16(4-2)19(15)22-20(24)18-13-14-21-23(18)17-11-6-5-7-12-17/h5-14H,3-4H2,1-2H3,(H,22,24). The summed E-state index contributed by atoms with van der Waals surface area (Å²) in [6, 6.07) is 17.6. The fraction of sp³-hybridized carbons (Fsp3) is 0.200. The minimum Gasteiger partial charge on any atom is -0.320 e. The van der Waals surface area contributed by atoms with Gasteiger partial charge in [0, 0.05) is 5.69 Å². The number of carbonyl (C=O) groups is 1. The van der Waals surface area contributed by atoms with E-state index in [0.29, 0.717) is 5.69 Å². The summed E-state index contributed by atoms with van der Waals surface area (Å²) in [5, 5.41) is 7.38. The molecule has 1 N–H and O–H groups in total. The molecule has 4 heteroatoms. The summed E-state index contributed by atoms with van der Waals surface area (Å²) in [7, 11) is 0. The Balaban J connectivity index is 1.94. The molecule has 0 atom stereocenters. The van der Waals surface area contributed by atoms with Crippen LogP contribution in [0, 0.1) is 0 Å². The first-order valence-corrected chi connectivity index (χ1v) is 8.26. The summed E-state index contributed by atoms with van der Waals surface area (Å²) in [5.74, 6) is -0.146. The molecule has 0 aliphatic heterocycles. The highest BCUT2D eigenvalue weighted by Gasteiger charge is 2.16. The summed E-state index contributed by atoms with van der Waals surface area (Å²) in [6.45, 7) is 4.19. The maximum atomic E-state index is 12.8. The SMILES string of the molecule is CCc1cccc(CC)c1NC(=O)c1ccnn1-c1ccccc1. The van der Waals surface area contributed by atoms with E-state index in [2.05, 4.69) is 36.4 Å². The molecule has 1 heterocycles. The smallest absolute Gasteiger partial charge is 0.274 e. The number of hydrogen-bond acceptors (Lipinski definition) is 2. The molecule has 122 valence electrons. The lowest BCUT2D eigenvalue weighted by Crippen LogP contribution is -2.18. The van der Waals surface area contributed by atoms with Crippen LogP contribution in [0.4, 0.5) is 5.69 Å². The van der Waals surface area contributed by atoms with E-state index in [1.54, 1.807) is 16.9 Å². The number of para-hydroxylation sites is 2. The van der Waals surface area contributed by atoms with Crippen LogP contribution in [0.2, 0.25) is 0 Å². The van der Waals surface area contributed by atoms with Crippen molar-refractivity contribution in [1.29, 1.82) is 0 Å². The van der Waals surface area contributed by atoms with Gasteiger partial charge in [0.15, 0.2) is 0 Å². The van der Waals surface area contributed by atoms with Crippen LogP contribution in [-0.2, 0) is 12.8 Å². The number of aromatic nitrogens is 2. The van der Waals surface area contributed by atoms with Crippen molar-refractivity contribution in [3.05, 3.63) is 77.6 Å². The third-order valence-electron chi connectivity index (χ3n) is 4.11. The lowest BCUT2D eigenvalue weighted by Gasteiger charge is -2.15. The molecule has 0 aliphatic carbocycles. The second kappa shape index (κ2) is 7.13. The van der Waals surface area contributed by atoms with Crippen LogP contribution < -0.4 is 5.32 Å². The van der Waals surface area contributed by atoms with Crippen LogP contribution >= 0.6 is 0 Å². The third-order valence-corrected chi connectivity index (χ3v) is 4.11. The highest BCUT2D eigenvalue weighted by Crippen LogP contribution is 2.23. The number of amides is 1. The van der Waals surface area contributed by atoms with Crippen molar-refractivity contribution in [2.75, 3.05) is 5.32 Å². The van der Waals surface area contributed by atoms with Crippen molar-refractivity contribution in [1.82, 2.24) is 9.78 Å². The van der Waals surface area contributed by atoms with E-state index in [0.717, 1.165) is 35.3 Å². The van der Waals surface area contributed by atoms with E-state index in [9.17, 15) is 4.79 Å². The van der Waals surface area contributed by atoms with Gasteiger partial charge in [0.2, 0.25) is 0 Å². The van der Waals surface area contributed by atoms with E-state index in [4.69, 9.17) is 0 Å². The van der Waals surface area contributed by atoms with Crippen molar-refractivity contribution in [2.45, 2.75) is 26.7 Å². The predicted molar refractivity (Wildman–Crippen MR) is 96.7 cm³/mol. The fourth-order valence-corrected chi connectivity index (χ4v) is 2.83. The van der Waals surface area contributed by atoms with Crippen molar-refractivity contribution < 1.29 is 4.79 Å². The minimum atomic E-state index is -0.146. The van der Waals surface area contributed by atoms with Crippen LogP contribution in [0.3, 0.4) is 0 Å². The van der Waals surface area contributed by atoms with Crippen molar-refractivity contribution in [3.8, 4) is 5.69 Å². The molecule has 1 aromatic heterocycles. The average Bonchev–Trinajstić information content (AvgIpc) is 3.12. The van der Waals surface area contributed by atoms with Crippen LogP contribution in [0.5, 0.6) is 0 Å². The average molecular weight is 319 g/mol. The molecular formula is C20H21N3O. The zero-order valence-electron chi connectivity index (χ0n) is 14.0. The van der Waals surface area contributed by atoms with Gasteiger partial charge in [-0.25, -0.2) is 4.68 Å². The van der Waals surface area contributed by atoms with Gasteiger partial charge in [0.1, 0.15) is 5.69 Å². The Morgan fingerprint density at radius 3 is 2.25 bits per heavy atom. The number of aryl methyl sites for hydroxylation is 2. The molecule has 3 rings (SSSR count). The van der Waals surface area contributed by atoms with E-state index < -0.39 is 0 Å². The largest absolute Gasteiger partial charge is 0.320 e. The molecule has 0 spiro atoms. The lowest BCUT2D eigenvalue weighted by atomic mass is 10.0. The van der Waals surface area contributed by atoms with Gasteiger partial charge in [-0.3, -0.25) is 4.79 Å². The van der Waals surface area contributed by atoms with Crippen molar-refractivity contribution in [3.63, 3.8) is 0 Å². The Hall–Kier alpha value is -2.88. The van der Waals surface area contributed by atoms with E-state index >= 15 is 0 Å². The molecular weight excluding hydrogens is 298 g/mol. The van der Waals surface area contributed by atoms with E-state index in [-0.39, 0.29) is 5.91 Å². The summed E-state index contributed by atoms with van der Waals surface area (Å²) in [6.07, 6.45) is 3.40. The van der Waals surface area contributed by atoms with Crippen molar-refractivity contribution >= 4 is 11.6 Å². The van der Waals surface area contributed by atoms with Crippen LogP contribution in [0.15, 0.2) is 60.8 Å². The second-order valence-corrected chi connectivity index (χ2v) is 5.58. The van der Waals surface area contributed by atoms with Gasteiger partial charge in [0.05, 0.1) is 11.9 Å². The maximum absolute atomic E-state index is 12.8. The minimum absolute atomic E-state index is 0.146. The molecule has 0 bridgehead atoms. The number of nitrogens with zero attached hydrogens (tertiary/aromatic N) is 2. The first kappa shape index (κ1) is 16.0. The monoisotopic (exact) mass is 319 g/mol. The Bertz CT molecular complexity index is 815. The molecule has 3 aromatic rings. The number of hydrogen-bond donors (Lipinski definition) is 1. The Morgan fingerprint density at radius 1 is 0.958 bits per heavy atom. The number of benzene rings is 2. The molecule has 0 saturated heterocycles. The summed E-state index contributed by atoms with van der Waals surface area (Å²) in [5.41, 5.74) is 4.61. The van der Waals surface area contributed by atoms with Crippen LogP contribution in [0.25, 0.3) is 5.69 Å². The highest BCUT2D eigenvalue weighted by molar-refractivity contribution is 6.04. The molecule has 4 nitrogen and oxygen atoms in total. The predicted octanol–water partition coefficient (Wildman–Crippen LogP) is 4.25. The van der Waals surface area contributed by atoms with Gasteiger partial charge in [-0.2, -0.15) is 5.10 Å². The van der Waals surface area contributed by atoms with E-state index in [1.165, 1.54) is 0 Å². The van der Waals surface area contributed by atoms with Crippen molar-refractivity contribution in [2.24, 2.45) is 0 Å². The Morgan fingerprint density at radius 2 is 1.62 bits per heavy atom. The summed E-state index contributed by atoms with van der Waals surface area (Å²) >= 11 is 0. The van der Waals surface area contributed by atoms with Gasteiger partial charge >= 0.3 is 0 Å². The topological polar surface area (TPSA) is 46.9 Å². The van der Waals surface area contributed by atoms with Crippen LogP contribution in [-0.4, -0.2) is 15.7 Å². The Labute approximate surface area is 142 Å². The second-order valence-electron chi connectivity index (χ2n) is 5.58. The van der Waals surface area contributed by atoms with E-state index in [1.807, 2.05) is 36.4 Å². The highest BCUT2D eigenvalue weighted by atomic mass is 16.2. The van der Waals surface area contributed by atoms with Gasteiger partial charge in [0.25, 0.3) is 5.91 Å². The molecule has 2 aromatic carbocycles. The number of anilines is 1. The van der Waals surface area contributed by atoms with Gasteiger partial charge in [-0.05, 0) is 42.2 Å². The lowest BCUT2D eigenvalue weighted by molar-refractivity contribution is 0.101. The van der Waals surface area contributed by atoms with Gasteiger partial charge < -0.3 is 5.32 Å². The molecule has 1 amide bonds. The van der Waals surface area contributed by atoms with Gasteiger partial charge in [-0.15, -0.1) is 0 Å². The number of rotatable bonds is 5. The number of nitrogens with one attached hydrogen (secondary N) is 1. The van der Waals surface area contributed by atoms with Gasteiger partial charge in [-0.1, -0.05) is 50.2 Å². The molecule has 0 aliphatic rings. The number of carbonyl (C=O) groups excluding carboxylic acids is 1.